The monoisotopic (exact) mass is 430 g/mol. The summed E-state index contributed by atoms with van der Waals surface area (Å²) in [5, 5.41) is 4.37. The number of pyridine rings is 1. The highest BCUT2D eigenvalue weighted by molar-refractivity contribution is 5.98. The van der Waals surface area contributed by atoms with Gasteiger partial charge in [0.1, 0.15) is 0 Å². The van der Waals surface area contributed by atoms with Crippen LogP contribution in [0.25, 0.3) is 5.57 Å². The molecular formula is C20H17F3N6O2. The molecule has 31 heavy (non-hydrogen) atoms. The van der Waals surface area contributed by atoms with Crippen LogP contribution in [0.2, 0.25) is 0 Å². The van der Waals surface area contributed by atoms with Crippen LogP contribution in [0.3, 0.4) is 0 Å². The van der Waals surface area contributed by atoms with Crippen molar-refractivity contribution >= 4 is 11.3 Å². The molecule has 160 valence electrons. The van der Waals surface area contributed by atoms with E-state index in [0.717, 1.165) is 12.3 Å². The van der Waals surface area contributed by atoms with Gasteiger partial charge in [0.05, 0.1) is 16.8 Å². The zero-order valence-electron chi connectivity index (χ0n) is 16.3. The lowest BCUT2D eigenvalue weighted by molar-refractivity contribution is -0.137. The van der Waals surface area contributed by atoms with Gasteiger partial charge in [0, 0.05) is 36.4 Å². The van der Waals surface area contributed by atoms with Gasteiger partial charge in [-0.25, -0.2) is 14.5 Å². The van der Waals surface area contributed by atoms with Crippen LogP contribution in [0.1, 0.15) is 41.9 Å². The third-order valence-electron chi connectivity index (χ3n) is 5.11. The minimum Gasteiger partial charge on any atom is -0.313 e. The Morgan fingerprint density at radius 3 is 2.71 bits per heavy atom. The van der Waals surface area contributed by atoms with Gasteiger partial charge >= 0.3 is 11.9 Å². The van der Waals surface area contributed by atoms with Crippen LogP contribution in [-0.2, 0) is 6.18 Å². The second-order valence-electron chi connectivity index (χ2n) is 7.21. The predicted octanol–water partition coefficient (Wildman–Crippen LogP) is 2.76. The van der Waals surface area contributed by atoms with Gasteiger partial charge in [0.25, 0.3) is 5.56 Å². The van der Waals surface area contributed by atoms with E-state index in [2.05, 4.69) is 31.6 Å². The highest BCUT2D eigenvalue weighted by atomic mass is 19.4. The van der Waals surface area contributed by atoms with Crippen molar-refractivity contribution in [3.05, 3.63) is 87.0 Å². The molecule has 3 aromatic heterocycles. The maximum atomic E-state index is 12.7. The van der Waals surface area contributed by atoms with Crippen molar-refractivity contribution in [2.24, 2.45) is 11.0 Å². The molecule has 0 radical (unpaired) electrons. The molecule has 0 spiro atoms. The van der Waals surface area contributed by atoms with Gasteiger partial charge < -0.3 is 4.98 Å². The van der Waals surface area contributed by atoms with Crippen LogP contribution >= 0.6 is 0 Å². The van der Waals surface area contributed by atoms with E-state index < -0.39 is 23.0 Å². The van der Waals surface area contributed by atoms with Gasteiger partial charge in [-0.3, -0.25) is 14.8 Å². The SMILES string of the molecule is C=C(c1nccn1/N=C(\C)c1c[nH]c(=O)[nH]c1=O)[C@H]1C[C@@H]1c1ccc(C(F)(F)F)cn1. The van der Waals surface area contributed by atoms with E-state index in [1.54, 1.807) is 13.1 Å². The number of hydrogen-bond acceptors (Lipinski definition) is 5. The number of nitrogens with zero attached hydrogens (tertiary/aromatic N) is 4. The Morgan fingerprint density at radius 2 is 2.06 bits per heavy atom. The fourth-order valence-electron chi connectivity index (χ4n) is 3.37. The van der Waals surface area contributed by atoms with Crippen molar-refractivity contribution in [1.82, 2.24) is 24.6 Å². The van der Waals surface area contributed by atoms with Crippen molar-refractivity contribution < 1.29 is 13.2 Å². The zero-order chi connectivity index (χ0) is 22.3. The van der Waals surface area contributed by atoms with Crippen molar-refractivity contribution in [1.29, 1.82) is 0 Å². The standard InChI is InChI=1S/C20H17F3N6O2/c1-10(13-7-14(13)16-4-3-12(8-25-16)20(21,22)23)17-24-5-6-29(17)28-11(2)15-9-26-19(31)27-18(15)30/h3-6,8-9,13-14H,1,7H2,2H3,(H2,26,27,30,31)/b28-11+/t13-,14+/m1/s1. The molecule has 0 aliphatic heterocycles. The summed E-state index contributed by atoms with van der Waals surface area (Å²) in [6.45, 7) is 5.70. The number of aromatic amines is 2. The summed E-state index contributed by atoms with van der Waals surface area (Å²) in [4.78, 5) is 35.9. The summed E-state index contributed by atoms with van der Waals surface area (Å²) in [5.41, 5.74) is -0.189. The third kappa shape index (κ3) is 4.11. The van der Waals surface area contributed by atoms with E-state index in [-0.39, 0.29) is 17.4 Å². The van der Waals surface area contributed by atoms with Crippen LogP contribution < -0.4 is 11.2 Å². The molecule has 2 N–H and O–H groups in total. The molecule has 0 unspecified atom stereocenters. The first-order chi connectivity index (χ1) is 14.6. The van der Waals surface area contributed by atoms with Crippen LogP contribution in [0.4, 0.5) is 13.2 Å². The van der Waals surface area contributed by atoms with E-state index in [1.807, 2.05) is 0 Å². The van der Waals surface area contributed by atoms with Gasteiger partial charge in [0.15, 0.2) is 5.82 Å². The van der Waals surface area contributed by atoms with Crippen LogP contribution in [0.5, 0.6) is 0 Å². The van der Waals surface area contributed by atoms with Crippen molar-refractivity contribution in [3.63, 3.8) is 0 Å². The Bertz CT molecular complexity index is 1280. The molecule has 0 saturated heterocycles. The van der Waals surface area contributed by atoms with Crippen molar-refractivity contribution in [2.45, 2.75) is 25.4 Å². The predicted molar refractivity (Wildman–Crippen MR) is 107 cm³/mol. The number of aromatic nitrogens is 5. The molecule has 3 heterocycles. The fraction of sp³-hybridized carbons (Fsp3) is 0.250. The van der Waals surface area contributed by atoms with Crippen molar-refractivity contribution in [3.8, 4) is 0 Å². The Balaban J connectivity index is 1.53. The molecule has 0 amide bonds. The largest absolute Gasteiger partial charge is 0.417 e. The summed E-state index contributed by atoms with van der Waals surface area (Å²) in [6, 6.07) is 2.41. The molecule has 2 atom stereocenters. The minimum absolute atomic E-state index is 0.0302. The first kappa shape index (κ1) is 20.5. The fourth-order valence-corrected chi connectivity index (χ4v) is 3.37. The average molecular weight is 430 g/mol. The number of imidazole rings is 1. The maximum Gasteiger partial charge on any atom is 0.417 e. The number of rotatable bonds is 5. The summed E-state index contributed by atoms with van der Waals surface area (Å²) in [7, 11) is 0. The highest BCUT2D eigenvalue weighted by Gasteiger charge is 2.43. The van der Waals surface area contributed by atoms with E-state index >= 15 is 0 Å². The molecule has 1 fully saturated rings. The molecular weight excluding hydrogens is 413 g/mol. The smallest absolute Gasteiger partial charge is 0.313 e. The quantitative estimate of drug-likeness (QED) is 0.607. The summed E-state index contributed by atoms with van der Waals surface area (Å²) in [5.74, 6) is 0.393. The normalized spacial score (nSPS) is 18.8. The number of halogens is 3. The Labute approximate surface area is 173 Å². The Morgan fingerprint density at radius 1 is 1.29 bits per heavy atom. The van der Waals surface area contributed by atoms with E-state index in [1.165, 1.54) is 23.1 Å². The summed E-state index contributed by atoms with van der Waals surface area (Å²) >= 11 is 0. The van der Waals surface area contributed by atoms with Gasteiger partial charge in [-0.1, -0.05) is 6.58 Å². The van der Waals surface area contributed by atoms with Crippen LogP contribution in [0.15, 0.2) is 58.2 Å². The number of alkyl halides is 3. The van der Waals surface area contributed by atoms with E-state index in [0.29, 0.717) is 29.2 Å². The minimum atomic E-state index is -4.42. The van der Waals surface area contributed by atoms with Crippen LogP contribution in [-0.4, -0.2) is 30.3 Å². The number of hydrogen-bond donors (Lipinski definition) is 2. The first-order valence-electron chi connectivity index (χ1n) is 9.28. The molecule has 4 rings (SSSR count). The first-order valence-corrected chi connectivity index (χ1v) is 9.28. The zero-order valence-corrected chi connectivity index (χ0v) is 16.3. The van der Waals surface area contributed by atoms with Crippen LogP contribution in [0, 0.1) is 5.92 Å². The molecule has 0 aromatic carbocycles. The van der Waals surface area contributed by atoms with E-state index in [9.17, 15) is 22.8 Å². The molecule has 1 aliphatic rings. The Hall–Kier alpha value is -3.76. The van der Waals surface area contributed by atoms with Gasteiger partial charge in [0.2, 0.25) is 0 Å². The van der Waals surface area contributed by atoms with Crippen molar-refractivity contribution in [2.75, 3.05) is 0 Å². The summed E-state index contributed by atoms with van der Waals surface area (Å²) in [6.07, 6.45) is 1.50. The lowest BCUT2D eigenvalue weighted by Gasteiger charge is -2.08. The number of nitrogens with one attached hydrogen (secondary N) is 2. The average Bonchev–Trinajstić information content (AvgIpc) is 3.38. The number of H-pyrrole nitrogens is 2. The lowest BCUT2D eigenvalue weighted by Crippen LogP contribution is -2.26. The topological polar surface area (TPSA) is 109 Å². The Kier molecular flexibility index (Phi) is 4.96. The molecule has 1 saturated carbocycles. The number of allylic oxidation sites excluding steroid dienone is 1. The molecule has 3 aromatic rings. The van der Waals surface area contributed by atoms with Gasteiger partial charge in [-0.15, -0.1) is 0 Å². The summed E-state index contributed by atoms with van der Waals surface area (Å²) < 4.78 is 39.6. The second-order valence-corrected chi connectivity index (χ2v) is 7.21. The maximum absolute atomic E-state index is 12.7. The molecule has 0 bridgehead atoms. The third-order valence-corrected chi connectivity index (χ3v) is 5.11. The lowest BCUT2D eigenvalue weighted by atomic mass is 10.1. The molecule has 1 aliphatic carbocycles. The highest BCUT2D eigenvalue weighted by Crippen LogP contribution is 2.53. The molecule has 11 heteroatoms. The van der Waals surface area contributed by atoms with E-state index in [4.69, 9.17) is 0 Å². The molecule has 8 nitrogen and oxygen atoms in total. The van der Waals surface area contributed by atoms with Gasteiger partial charge in [-0.05, 0) is 37.0 Å². The van der Waals surface area contributed by atoms with Gasteiger partial charge in [-0.2, -0.15) is 18.3 Å². The second kappa shape index (κ2) is 7.49.